The molecule has 5 nitrogen and oxygen atoms in total. The number of thioether (sulfide) groups is 1. The third kappa shape index (κ3) is 4.61. The summed E-state index contributed by atoms with van der Waals surface area (Å²) < 4.78 is 104. The van der Waals surface area contributed by atoms with Gasteiger partial charge in [0.25, 0.3) is 5.91 Å². The fraction of sp³-hybridized carbons (Fsp3) is 0.529. The molecule has 1 aromatic carbocycles. The lowest BCUT2D eigenvalue weighted by molar-refractivity contribution is -0.143. The summed E-state index contributed by atoms with van der Waals surface area (Å²) in [6.45, 7) is 3.07. The number of carbonyl (C=O) groups is 1. The fourth-order valence-corrected chi connectivity index (χ4v) is 7.09. The van der Waals surface area contributed by atoms with E-state index in [1.807, 2.05) is 0 Å². The molecule has 2 saturated heterocycles. The smallest absolute Gasteiger partial charge is 0.316 e. The Balaban J connectivity index is 2.18. The molecule has 2 aliphatic rings. The lowest BCUT2D eigenvalue weighted by Gasteiger charge is -2.26. The van der Waals surface area contributed by atoms with Gasteiger partial charge in [-0.15, -0.1) is 0 Å². The number of hydrogen-bond acceptors (Lipinski definition) is 4. The molecule has 1 amide bonds. The van der Waals surface area contributed by atoms with Crippen LogP contribution in [0.3, 0.4) is 0 Å². The molecule has 0 unspecified atom stereocenters. The lowest BCUT2D eigenvalue weighted by Crippen LogP contribution is -2.38. The van der Waals surface area contributed by atoms with E-state index in [4.69, 9.17) is 0 Å². The predicted octanol–water partition coefficient (Wildman–Crippen LogP) is 3.98. The summed E-state index contributed by atoms with van der Waals surface area (Å²) in [6, 6.07) is 0.0890. The van der Waals surface area contributed by atoms with Gasteiger partial charge in [-0.3, -0.25) is 4.79 Å². The van der Waals surface area contributed by atoms with E-state index in [-0.39, 0.29) is 17.0 Å². The van der Waals surface area contributed by atoms with Crippen LogP contribution in [0.2, 0.25) is 0 Å². The highest BCUT2D eigenvalue weighted by molar-refractivity contribution is 8.16. The van der Waals surface area contributed by atoms with Crippen molar-refractivity contribution < 1.29 is 39.6 Å². The first kappa shape index (κ1) is 22.9. The Morgan fingerprint density at radius 1 is 1.07 bits per heavy atom. The van der Waals surface area contributed by atoms with E-state index in [1.165, 1.54) is 13.8 Å². The number of carbonyl (C=O) groups excluding carboxylic acids is 1. The van der Waals surface area contributed by atoms with Crippen LogP contribution in [-0.4, -0.2) is 42.3 Å². The molecule has 166 valence electrons. The van der Waals surface area contributed by atoms with Crippen molar-refractivity contribution in [3.05, 3.63) is 29.3 Å². The lowest BCUT2D eigenvalue weighted by atomic mass is 10.1. The molecule has 3 rings (SSSR count). The zero-order chi connectivity index (χ0) is 22.6. The molecule has 0 aromatic heterocycles. The number of nitrogens with zero attached hydrogens (tertiary/aromatic N) is 2. The van der Waals surface area contributed by atoms with Crippen molar-refractivity contribution in [3.8, 4) is 0 Å². The van der Waals surface area contributed by atoms with Gasteiger partial charge in [0.15, 0.2) is 15.0 Å². The summed E-state index contributed by atoms with van der Waals surface area (Å²) in [7, 11) is -3.54. The third-order valence-corrected chi connectivity index (χ3v) is 7.83. The van der Waals surface area contributed by atoms with Crippen LogP contribution in [0, 0.1) is 5.92 Å². The molecule has 2 heterocycles. The molecule has 0 bridgehead atoms. The first-order valence-corrected chi connectivity index (χ1v) is 11.4. The molecule has 0 aliphatic carbocycles. The number of amides is 1. The Kier molecular flexibility index (Phi) is 5.68. The van der Waals surface area contributed by atoms with E-state index in [1.54, 1.807) is 0 Å². The van der Waals surface area contributed by atoms with Gasteiger partial charge in [0, 0.05) is 16.9 Å². The van der Waals surface area contributed by atoms with E-state index in [9.17, 15) is 39.6 Å². The van der Waals surface area contributed by atoms with Crippen LogP contribution in [0.25, 0.3) is 0 Å². The molecule has 2 aliphatic heterocycles. The molecule has 2 fully saturated rings. The molecule has 13 heteroatoms. The number of rotatable bonds is 2. The molecule has 0 N–H and O–H groups in total. The van der Waals surface area contributed by atoms with Crippen molar-refractivity contribution in [2.24, 2.45) is 10.9 Å². The number of sulfone groups is 1. The topological polar surface area (TPSA) is 66.8 Å². The number of amidine groups is 1. The van der Waals surface area contributed by atoms with E-state index in [2.05, 4.69) is 4.99 Å². The van der Waals surface area contributed by atoms with Crippen molar-refractivity contribution in [3.63, 3.8) is 0 Å². The van der Waals surface area contributed by atoms with Crippen LogP contribution in [0.5, 0.6) is 0 Å². The zero-order valence-electron chi connectivity index (χ0n) is 15.6. The first-order valence-electron chi connectivity index (χ1n) is 8.67. The Labute approximate surface area is 172 Å². The molecule has 30 heavy (non-hydrogen) atoms. The number of fused-ring (bicyclic) bond motifs is 1. The standard InChI is InChI=1S/C17H16F6N2O3S2/c1-8(2)14(26)24-15-25(12-6-30(27,28)7-13(12)29-15)11-4-9(16(18,19)20)3-10(5-11)17(21,22)23/h3-5,8,12-13H,6-7H2,1-2H3/t12-,13+/m0/s1. The Bertz CT molecular complexity index is 969. The second kappa shape index (κ2) is 7.43. The second-order valence-corrected chi connectivity index (χ2v) is 10.7. The molecule has 0 saturated carbocycles. The van der Waals surface area contributed by atoms with Gasteiger partial charge in [0.05, 0.1) is 28.7 Å². The normalized spacial score (nSPS) is 25.2. The van der Waals surface area contributed by atoms with Gasteiger partial charge >= 0.3 is 12.4 Å². The number of aliphatic imine (C=N–C) groups is 1. The molecule has 0 spiro atoms. The highest BCUT2D eigenvalue weighted by atomic mass is 32.2. The van der Waals surface area contributed by atoms with Gasteiger partial charge < -0.3 is 4.90 Å². The zero-order valence-corrected chi connectivity index (χ0v) is 17.2. The average Bonchev–Trinajstić information content (AvgIpc) is 3.03. The Hall–Kier alpha value is -1.76. The molecular weight excluding hydrogens is 458 g/mol. The van der Waals surface area contributed by atoms with E-state index in [0.29, 0.717) is 12.1 Å². The maximum atomic E-state index is 13.3. The second-order valence-electron chi connectivity index (χ2n) is 7.32. The minimum absolute atomic E-state index is 0.00826. The van der Waals surface area contributed by atoms with E-state index >= 15 is 0 Å². The van der Waals surface area contributed by atoms with Crippen LogP contribution < -0.4 is 4.90 Å². The summed E-state index contributed by atoms with van der Waals surface area (Å²) in [5.41, 5.74) is -3.57. The van der Waals surface area contributed by atoms with E-state index in [0.717, 1.165) is 16.7 Å². The summed E-state index contributed by atoms with van der Waals surface area (Å²) >= 11 is 0.872. The summed E-state index contributed by atoms with van der Waals surface area (Å²) in [4.78, 5) is 16.9. The SMILES string of the molecule is CC(C)C(=O)N=C1S[C@@H]2CS(=O)(=O)C[C@@H]2N1c1cc(C(F)(F)F)cc(C(F)(F)F)c1. The van der Waals surface area contributed by atoms with Crippen LogP contribution in [-0.2, 0) is 27.0 Å². The van der Waals surface area contributed by atoms with Gasteiger partial charge in [-0.1, -0.05) is 25.6 Å². The van der Waals surface area contributed by atoms with Crippen molar-refractivity contribution in [1.82, 2.24) is 0 Å². The van der Waals surface area contributed by atoms with Crippen LogP contribution >= 0.6 is 11.8 Å². The van der Waals surface area contributed by atoms with Crippen molar-refractivity contribution in [2.75, 3.05) is 16.4 Å². The van der Waals surface area contributed by atoms with Gasteiger partial charge in [0.2, 0.25) is 0 Å². The maximum absolute atomic E-state index is 13.3. The van der Waals surface area contributed by atoms with Crippen molar-refractivity contribution >= 4 is 38.4 Å². The van der Waals surface area contributed by atoms with Gasteiger partial charge in [-0.05, 0) is 18.2 Å². The summed E-state index contributed by atoms with van der Waals surface area (Å²) in [5, 5.41) is -0.761. The van der Waals surface area contributed by atoms with Crippen molar-refractivity contribution in [2.45, 2.75) is 37.5 Å². The van der Waals surface area contributed by atoms with Crippen molar-refractivity contribution in [1.29, 1.82) is 0 Å². The highest BCUT2D eigenvalue weighted by Gasteiger charge is 2.50. The number of alkyl halides is 6. The summed E-state index contributed by atoms with van der Waals surface area (Å²) in [6.07, 6.45) is -10.1. The number of hydrogen-bond donors (Lipinski definition) is 0. The number of anilines is 1. The van der Waals surface area contributed by atoms with Crippen LogP contribution in [0.1, 0.15) is 25.0 Å². The number of benzene rings is 1. The van der Waals surface area contributed by atoms with Gasteiger partial charge in [-0.2, -0.15) is 31.3 Å². The predicted molar refractivity (Wildman–Crippen MR) is 100 cm³/mol. The quantitative estimate of drug-likeness (QED) is 0.607. The third-order valence-electron chi connectivity index (χ3n) is 4.62. The Morgan fingerprint density at radius 3 is 2.07 bits per heavy atom. The largest absolute Gasteiger partial charge is 0.416 e. The highest BCUT2D eigenvalue weighted by Crippen LogP contribution is 2.44. The molecular formula is C17H16F6N2O3S2. The molecule has 2 atom stereocenters. The summed E-state index contributed by atoms with van der Waals surface area (Å²) in [5.74, 6) is -1.94. The monoisotopic (exact) mass is 474 g/mol. The first-order chi connectivity index (χ1) is 13.6. The van der Waals surface area contributed by atoms with Crippen LogP contribution in [0.4, 0.5) is 32.0 Å². The molecule has 0 radical (unpaired) electrons. The minimum Gasteiger partial charge on any atom is -0.316 e. The number of halogens is 6. The maximum Gasteiger partial charge on any atom is 0.416 e. The van der Waals surface area contributed by atoms with Gasteiger partial charge in [0.1, 0.15) is 0 Å². The van der Waals surface area contributed by atoms with Crippen LogP contribution in [0.15, 0.2) is 23.2 Å². The molecule has 1 aromatic rings. The van der Waals surface area contributed by atoms with E-state index < -0.39 is 67.9 Å². The fourth-order valence-electron chi connectivity index (χ4n) is 3.17. The van der Waals surface area contributed by atoms with Gasteiger partial charge in [-0.25, -0.2) is 8.42 Å². The minimum atomic E-state index is -5.06. The average molecular weight is 474 g/mol. The Morgan fingerprint density at radius 2 is 1.60 bits per heavy atom.